The van der Waals surface area contributed by atoms with E-state index in [0.29, 0.717) is 28.2 Å². The molecular weight excluding hydrogens is 301 g/mol. The van der Waals surface area contributed by atoms with Gasteiger partial charge in [-0.05, 0) is 31.2 Å². The Morgan fingerprint density at radius 1 is 1.25 bits per heavy atom. The summed E-state index contributed by atoms with van der Waals surface area (Å²) in [6.45, 7) is 2.32. The van der Waals surface area contributed by atoms with Crippen LogP contribution in [0.4, 0.5) is 5.69 Å². The van der Waals surface area contributed by atoms with Gasteiger partial charge in [0.1, 0.15) is 0 Å². The van der Waals surface area contributed by atoms with Crippen molar-refractivity contribution in [2.45, 2.75) is 6.92 Å². The Balaban J connectivity index is 2.13. The smallest absolute Gasteiger partial charge is 0.276 e. The first kappa shape index (κ1) is 14.6. The predicted molar refractivity (Wildman–Crippen MR) is 77.6 cm³/mol. The average Bonchev–Trinajstić information content (AvgIpc) is 2.44. The van der Waals surface area contributed by atoms with Crippen molar-refractivity contribution in [1.82, 2.24) is 10.2 Å². The normalized spacial score (nSPS) is 10.2. The summed E-state index contributed by atoms with van der Waals surface area (Å²) in [5.74, 6) is -0.0606. The Bertz CT molecular complexity index is 618. The molecule has 0 radical (unpaired) electrons. The molecule has 2 rings (SSSR count). The number of carbonyl (C=O) groups excluding carboxylic acids is 1. The predicted octanol–water partition coefficient (Wildman–Crippen LogP) is 3.43. The van der Waals surface area contributed by atoms with Crippen LogP contribution in [-0.2, 0) is 0 Å². The molecule has 0 fully saturated rings. The minimum atomic E-state index is -0.426. The van der Waals surface area contributed by atoms with E-state index in [2.05, 4.69) is 15.5 Å². The van der Waals surface area contributed by atoms with E-state index in [0.717, 1.165) is 0 Å². The van der Waals surface area contributed by atoms with Gasteiger partial charge < -0.3 is 10.1 Å². The van der Waals surface area contributed by atoms with Crippen molar-refractivity contribution in [2.75, 3.05) is 11.9 Å². The summed E-state index contributed by atoms with van der Waals surface area (Å²) in [4.78, 5) is 12.0. The SMILES string of the molecule is CCOc1ccc(C(=O)Nc2cc(Cl)ccc2Cl)nn1. The molecular formula is C13H11Cl2N3O2. The fourth-order valence-electron chi connectivity index (χ4n) is 1.45. The fourth-order valence-corrected chi connectivity index (χ4v) is 1.78. The molecule has 0 bridgehead atoms. The average molecular weight is 312 g/mol. The molecule has 1 amide bonds. The molecule has 1 aromatic heterocycles. The molecule has 20 heavy (non-hydrogen) atoms. The van der Waals surface area contributed by atoms with Crippen molar-refractivity contribution in [3.8, 4) is 5.88 Å². The number of hydrogen-bond donors (Lipinski definition) is 1. The number of anilines is 1. The second-order valence-corrected chi connectivity index (χ2v) is 4.61. The van der Waals surface area contributed by atoms with Crippen LogP contribution in [-0.4, -0.2) is 22.7 Å². The third-order valence-electron chi connectivity index (χ3n) is 2.34. The summed E-state index contributed by atoms with van der Waals surface area (Å²) in [7, 11) is 0. The lowest BCUT2D eigenvalue weighted by Gasteiger charge is -2.07. The Kier molecular flexibility index (Phi) is 4.76. The first-order chi connectivity index (χ1) is 9.60. The van der Waals surface area contributed by atoms with E-state index in [4.69, 9.17) is 27.9 Å². The number of rotatable bonds is 4. The zero-order valence-electron chi connectivity index (χ0n) is 10.6. The van der Waals surface area contributed by atoms with Gasteiger partial charge in [-0.2, -0.15) is 0 Å². The van der Waals surface area contributed by atoms with Gasteiger partial charge in [-0.25, -0.2) is 0 Å². The van der Waals surface area contributed by atoms with Crippen LogP contribution in [0.15, 0.2) is 30.3 Å². The van der Waals surface area contributed by atoms with Crippen LogP contribution in [0.5, 0.6) is 5.88 Å². The number of nitrogens with one attached hydrogen (secondary N) is 1. The molecule has 0 atom stereocenters. The van der Waals surface area contributed by atoms with Gasteiger partial charge >= 0.3 is 0 Å². The van der Waals surface area contributed by atoms with E-state index < -0.39 is 5.91 Å². The number of ether oxygens (including phenoxy) is 1. The molecule has 0 unspecified atom stereocenters. The van der Waals surface area contributed by atoms with Gasteiger partial charge in [0.15, 0.2) is 5.69 Å². The molecule has 1 heterocycles. The standard InChI is InChI=1S/C13H11Cl2N3O2/c1-2-20-12-6-5-10(17-18-12)13(19)16-11-7-8(14)3-4-9(11)15/h3-7H,2H2,1H3,(H,16,19). The van der Waals surface area contributed by atoms with Gasteiger partial charge in [-0.1, -0.05) is 23.2 Å². The third-order valence-corrected chi connectivity index (χ3v) is 2.91. The third kappa shape index (κ3) is 3.59. The van der Waals surface area contributed by atoms with Crippen molar-refractivity contribution < 1.29 is 9.53 Å². The van der Waals surface area contributed by atoms with Crippen LogP contribution < -0.4 is 10.1 Å². The summed E-state index contributed by atoms with van der Waals surface area (Å²) >= 11 is 11.8. The summed E-state index contributed by atoms with van der Waals surface area (Å²) in [6, 6.07) is 7.89. The highest BCUT2D eigenvalue weighted by molar-refractivity contribution is 6.35. The van der Waals surface area contributed by atoms with Gasteiger partial charge in [-0.15, -0.1) is 10.2 Å². The van der Waals surface area contributed by atoms with Gasteiger partial charge in [0.2, 0.25) is 5.88 Å². The number of halogens is 2. The number of amides is 1. The first-order valence-corrected chi connectivity index (χ1v) is 6.58. The summed E-state index contributed by atoms with van der Waals surface area (Å²) in [6.07, 6.45) is 0. The Labute approximate surface area is 125 Å². The van der Waals surface area contributed by atoms with Gasteiger partial charge in [-0.3, -0.25) is 4.79 Å². The molecule has 0 spiro atoms. The molecule has 0 saturated carbocycles. The van der Waals surface area contributed by atoms with Gasteiger partial charge in [0.25, 0.3) is 5.91 Å². The number of nitrogens with zero attached hydrogens (tertiary/aromatic N) is 2. The van der Waals surface area contributed by atoms with E-state index in [1.54, 1.807) is 24.3 Å². The molecule has 0 saturated heterocycles. The molecule has 0 aliphatic rings. The van der Waals surface area contributed by atoms with Crippen molar-refractivity contribution in [3.05, 3.63) is 46.1 Å². The second kappa shape index (κ2) is 6.54. The highest BCUT2D eigenvalue weighted by Gasteiger charge is 2.11. The molecule has 5 nitrogen and oxygen atoms in total. The molecule has 0 aliphatic carbocycles. The van der Waals surface area contributed by atoms with Crippen LogP contribution in [0.2, 0.25) is 10.0 Å². The Morgan fingerprint density at radius 3 is 2.70 bits per heavy atom. The van der Waals surface area contributed by atoms with E-state index in [1.807, 2.05) is 6.92 Å². The van der Waals surface area contributed by atoms with E-state index >= 15 is 0 Å². The second-order valence-electron chi connectivity index (χ2n) is 3.77. The van der Waals surface area contributed by atoms with Crippen molar-refractivity contribution >= 4 is 34.8 Å². The Morgan fingerprint density at radius 2 is 2.05 bits per heavy atom. The molecule has 1 N–H and O–H groups in total. The summed E-state index contributed by atoms with van der Waals surface area (Å²) < 4.78 is 5.15. The van der Waals surface area contributed by atoms with E-state index in [9.17, 15) is 4.79 Å². The highest BCUT2D eigenvalue weighted by atomic mass is 35.5. The maximum Gasteiger partial charge on any atom is 0.276 e. The van der Waals surface area contributed by atoms with Crippen molar-refractivity contribution in [3.63, 3.8) is 0 Å². The van der Waals surface area contributed by atoms with Crippen LogP contribution in [0.25, 0.3) is 0 Å². The van der Waals surface area contributed by atoms with Crippen molar-refractivity contribution in [2.24, 2.45) is 0 Å². The van der Waals surface area contributed by atoms with Crippen LogP contribution >= 0.6 is 23.2 Å². The molecule has 0 aliphatic heterocycles. The van der Waals surface area contributed by atoms with Crippen LogP contribution in [0.3, 0.4) is 0 Å². The maximum absolute atomic E-state index is 12.0. The minimum Gasteiger partial charge on any atom is -0.477 e. The minimum absolute atomic E-state index is 0.157. The van der Waals surface area contributed by atoms with E-state index in [1.165, 1.54) is 6.07 Å². The number of aromatic nitrogens is 2. The zero-order valence-corrected chi connectivity index (χ0v) is 12.1. The van der Waals surface area contributed by atoms with Crippen molar-refractivity contribution in [1.29, 1.82) is 0 Å². The molecule has 2 aromatic rings. The van der Waals surface area contributed by atoms with E-state index in [-0.39, 0.29) is 5.69 Å². The lowest BCUT2D eigenvalue weighted by molar-refractivity contribution is 0.102. The number of benzene rings is 1. The molecule has 1 aromatic carbocycles. The van der Waals surface area contributed by atoms with Crippen LogP contribution in [0, 0.1) is 0 Å². The highest BCUT2D eigenvalue weighted by Crippen LogP contribution is 2.25. The largest absolute Gasteiger partial charge is 0.477 e. The zero-order chi connectivity index (χ0) is 14.5. The summed E-state index contributed by atoms with van der Waals surface area (Å²) in [5.41, 5.74) is 0.573. The lowest BCUT2D eigenvalue weighted by atomic mass is 10.3. The first-order valence-electron chi connectivity index (χ1n) is 5.83. The fraction of sp³-hybridized carbons (Fsp3) is 0.154. The quantitative estimate of drug-likeness (QED) is 0.939. The lowest BCUT2D eigenvalue weighted by Crippen LogP contribution is -2.14. The summed E-state index contributed by atoms with van der Waals surface area (Å²) in [5, 5.41) is 11.0. The molecule has 7 heteroatoms. The van der Waals surface area contributed by atoms with Gasteiger partial charge in [0, 0.05) is 11.1 Å². The maximum atomic E-state index is 12.0. The Hall–Kier alpha value is -1.85. The number of hydrogen-bond acceptors (Lipinski definition) is 4. The monoisotopic (exact) mass is 311 g/mol. The number of carbonyl (C=O) groups is 1. The van der Waals surface area contributed by atoms with Gasteiger partial charge in [0.05, 0.1) is 17.3 Å². The molecule has 104 valence electrons. The topological polar surface area (TPSA) is 64.1 Å². The van der Waals surface area contributed by atoms with Crippen LogP contribution in [0.1, 0.15) is 17.4 Å².